The molecule has 1 aliphatic heterocycles. The monoisotopic (exact) mass is 329 g/mol. The number of anilines is 1. The van der Waals surface area contributed by atoms with Gasteiger partial charge in [-0.05, 0) is 40.2 Å². The lowest BCUT2D eigenvalue weighted by Gasteiger charge is -2.02. The molecule has 5 nitrogen and oxygen atoms in total. The minimum Gasteiger partial charge on any atom is -0.405 e. The Hall–Kier alpha value is -0.920. The number of aromatic nitrogens is 2. The Balaban J connectivity index is 1.61. The molecule has 18 heavy (non-hydrogen) atoms. The molecule has 1 aliphatic rings. The molecule has 2 aromatic rings. The fraction of sp³-hybridized carbons (Fsp3) is 0.455. The molecule has 96 valence electrons. The van der Waals surface area contributed by atoms with Crippen molar-refractivity contribution in [3.05, 3.63) is 26.7 Å². The van der Waals surface area contributed by atoms with E-state index in [-0.39, 0.29) is 6.10 Å². The lowest BCUT2D eigenvalue weighted by atomic mass is 10.2. The molecule has 0 spiro atoms. The number of hydrogen-bond acceptors (Lipinski definition) is 6. The van der Waals surface area contributed by atoms with Crippen LogP contribution in [0, 0.1) is 0 Å². The van der Waals surface area contributed by atoms with Crippen LogP contribution in [0.3, 0.4) is 0 Å². The molecule has 3 heterocycles. The summed E-state index contributed by atoms with van der Waals surface area (Å²) in [6, 6.07) is 2.47. The summed E-state index contributed by atoms with van der Waals surface area (Å²) in [6.45, 7) is 1.45. The van der Waals surface area contributed by atoms with Gasteiger partial charge in [0, 0.05) is 16.0 Å². The number of nitrogens with one attached hydrogen (secondary N) is 1. The van der Waals surface area contributed by atoms with E-state index in [4.69, 9.17) is 9.15 Å². The van der Waals surface area contributed by atoms with Crippen molar-refractivity contribution in [2.24, 2.45) is 0 Å². The first kappa shape index (κ1) is 12.1. The largest absolute Gasteiger partial charge is 0.405 e. The van der Waals surface area contributed by atoms with Crippen molar-refractivity contribution >= 4 is 33.3 Å². The Morgan fingerprint density at radius 1 is 1.50 bits per heavy atom. The summed E-state index contributed by atoms with van der Waals surface area (Å²) in [4.78, 5) is 1.20. The number of halogens is 1. The number of rotatable bonds is 4. The third kappa shape index (κ3) is 2.57. The zero-order valence-corrected chi connectivity index (χ0v) is 12.0. The van der Waals surface area contributed by atoms with Gasteiger partial charge in [-0.15, -0.1) is 16.4 Å². The molecule has 0 aliphatic carbocycles. The van der Waals surface area contributed by atoms with Gasteiger partial charge in [-0.3, -0.25) is 0 Å². The van der Waals surface area contributed by atoms with Crippen LogP contribution in [0.15, 0.2) is 20.3 Å². The summed E-state index contributed by atoms with van der Waals surface area (Å²) in [6.07, 6.45) is 1.98. The molecular weight excluding hydrogens is 318 g/mol. The van der Waals surface area contributed by atoms with Crippen LogP contribution in [0.1, 0.15) is 29.7 Å². The molecule has 3 rings (SSSR count). The van der Waals surface area contributed by atoms with Crippen LogP contribution in [0.4, 0.5) is 6.01 Å². The van der Waals surface area contributed by atoms with Crippen molar-refractivity contribution in [1.29, 1.82) is 0 Å². The van der Waals surface area contributed by atoms with Crippen molar-refractivity contribution in [3.63, 3.8) is 0 Å². The van der Waals surface area contributed by atoms with Gasteiger partial charge in [0.1, 0.15) is 6.10 Å². The predicted molar refractivity (Wildman–Crippen MR) is 71.6 cm³/mol. The average Bonchev–Trinajstić information content (AvgIpc) is 3.08. The molecule has 1 N–H and O–H groups in total. The Kier molecular flexibility index (Phi) is 3.62. The molecular formula is C11H12BrN3O2S. The Morgan fingerprint density at radius 2 is 2.44 bits per heavy atom. The van der Waals surface area contributed by atoms with Gasteiger partial charge >= 0.3 is 6.01 Å². The maximum atomic E-state index is 5.54. The van der Waals surface area contributed by atoms with Crippen LogP contribution in [-0.2, 0) is 11.3 Å². The molecule has 0 aromatic carbocycles. The Labute approximate surface area is 117 Å². The molecule has 1 fully saturated rings. The topological polar surface area (TPSA) is 60.2 Å². The molecule has 0 saturated carbocycles. The molecule has 2 aromatic heterocycles. The van der Waals surface area contributed by atoms with E-state index < -0.39 is 0 Å². The Morgan fingerprint density at radius 3 is 3.17 bits per heavy atom. The van der Waals surface area contributed by atoms with Gasteiger partial charge < -0.3 is 14.5 Å². The molecule has 1 unspecified atom stereocenters. The summed E-state index contributed by atoms with van der Waals surface area (Å²) in [5.41, 5.74) is 0. The maximum Gasteiger partial charge on any atom is 0.315 e. The lowest BCUT2D eigenvalue weighted by molar-refractivity contribution is 0.0897. The van der Waals surface area contributed by atoms with Crippen molar-refractivity contribution < 1.29 is 9.15 Å². The van der Waals surface area contributed by atoms with Crippen molar-refractivity contribution in [1.82, 2.24) is 10.2 Å². The average molecular weight is 330 g/mol. The van der Waals surface area contributed by atoms with E-state index in [2.05, 4.69) is 31.4 Å². The van der Waals surface area contributed by atoms with E-state index in [1.54, 1.807) is 11.3 Å². The van der Waals surface area contributed by atoms with Crippen molar-refractivity contribution in [2.75, 3.05) is 11.9 Å². The van der Waals surface area contributed by atoms with Gasteiger partial charge in [-0.1, -0.05) is 5.10 Å². The third-order valence-corrected chi connectivity index (χ3v) is 4.66. The fourth-order valence-electron chi connectivity index (χ4n) is 1.82. The third-order valence-electron chi connectivity index (χ3n) is 2.74. The minimum absolute atomic E-state index is 0.0264. The molecule has 7 heteroatoms. The lowest BCUT2D eigenvalue weighted by Crippen LogP contribution is -1.98. The van der Waals surface area contributed by atoms with Gasteiger partial charge in [0.15, 0.2) is 0 Å². The van der Waals surface area contributed by atoms with Crippen LogP contribution in [0.25, 0.3) is 0 Å². The Bertz CT molecular complexity index is 522. The smallest absolute Gasteiger partial charge is 0.315 e. The van der Waals surface area contributed by atoms with Gasteiger partial charge in [0.25, 0.3) is 0 Å². The van der Waals surface area contributed by atoms with Crippen LogP contribution in [0.2, 0.25) is 0 Å². The summed E-state index contributed by atoms with van der Waals surface area (Å²) in [5, 5.41) is 13.1. The summed E-state index contributed by atoms with van der Waals surface area (Å²) in [5.74, 6) is 0.570. The molecule has 0 amide bonds. The van der Waals surface area contributed by atoms with Gasteiger partial charge in [0.2, 0.25) is 5.89 Å². The normalized spacial score (nSPS) is 19.3. The van der Waals surface area contributed by atoms with E-state index in [1.807, 2.05) is 11.4 Å². The summed E-state index contributed by atoms with van der Waals surface area (Å²) in [7, 11) is 0. The minimum atomic E-state index is -0.0264. The molecule has 0 radical (unpaired) electrons. The number of thiophene rings is 1. The fourth-order valence-corrected chi connectivity index (χ4v) is 3.25. The quantitative estimate of drug-likeness (QED) is 0.931. The number of ether oxygens (including phenoxy) is 1. The van der Waals surface area contributed by atoms with Crippen LogP contribution in [-0.4, -0.2) is 16.8 Å². The zero-order chi connectivity index (χ0) is 12.4. The summed E-state index contributed by atoms with van der Waals surface area (Å²) >= 11 is 5.16. The van der Waals surface area contributed by atoms with Crippen molar-refractivity contribution in [2.45, 2.75) is 25.5 Å². The van der Waals surface area contributed by atoms with Gasteiger partial charge in [-0.25, -0.2) is 0 Å². The van der Waals surface area contributed by atoms with Crippen molar-refractivity contribution in [3.8, 4) is 0 Å². The summed E-state index contributed by atoms with van der Waals surface area (Å²) < 4.78 is 12.1. The van der Waals surface area contributed by atoms with E-state index in [9.17, 15) is 0 Å². The highest BCUT2D eigenvalue weighted by molar-refractivity contribution is 9.10. The van der Waals surface area contributed by atoms with E-state index in [0.717, 1.165) is 23.9 Å². The highest BCUT2D eigenvalue weighted by Crippen LogP contribution is 2.28. The highest BCUT2D eigenvalue weighted by Gasteiger charge is 2.23. The van der Waals surface area contributed by atoms with Crippen LogP contribution in [0.5, 0.6) is 0 Å². The second-order valence-corrected chi connectivity index (χ2v) is 5.85. The first-order chi connectivity index (χ1) is 8.83. The second-order valence-electron chi connectivity index (χ2n) is 3.99. The van der Waals surface area contributed by atoms with Crippen LogP contribution >= 0.6 is 27.3 Å². The maximum absolute atomic E-state index is 5.54. The predicted octanol–water partition coefficient (Wildman–Crippen LogP) is 3.36. The molecule has 0 bridgehead atoms. The molecule has 1 atom stereocenters. The van der Waals surface area contributed by atoms with E-state index in [1.165, 1.54) is 4.88 Å². The number of hydrogen-bond donors (Lipinski definition) is 1. The first-order valence-corrected chi connectivity index (χ1v) is 7.41. The van der Waals surface area contributed by atoms with E-state index >= 15 is 0 Å². The van der Waals surface area contributed by atoms with E-state index in [0.29, 0.717) is 18.5 Å². The SMILES string of the molecule is Brc1ccsc1CNc1nnc(C2CCCO2)o1. The van der Waals surface area contributed by atoms with Gasteiger partial charge in [-0.2, -0.15) is 0 Å². The molecule has 1 saturated heterocycles. The van der Waals surface area contributed by atoms with Gasteiger partial charge in [0.05, 0.1) is 6.54 Å². The number of nitrogens with zero attached hydrogens (tertiary/aromatic N) is 2. The first-order valence-electron chi connectivity index (χ1n) is 5.73. The zero-order valence-electron chi connectivity index (χ0n) is 9.56. The standard InChI is InChI=1S/C11H12BrN3O2S/c12-7-3-5-18-9(7)6-13-11-15-14-10(17-11)8-2-1-4-16-8/h3,5,8H,1-2,4,6H2,(H,13,15). The second kappa shape index (κ2) is 5.38. The van der Waals surface area contributed by atoms with Crippen LogP contribution < -0.4 is 5.32 Å². The highest BCUT2D eigenvalue weighted by atomic mass is 79.9.